The van der Waals surface area contributed by atoms with Crippen LogP contribution in [0.1, 0.15) is 63.4 Å². The normalized spacial score (nSPS) is 34.0. The molecule has 1 aromatic rings. The van der Waals surface area contributed by atoms with Gasteiger partial charge in [-0.3, -0.25) is 0 Å². The molecule has 0 N–H and O–H groups in total. The highest BCUT2D eigenvalue weighted by Crippen LogP contribution is 2.64. The van der Waals surface area contributed by atoms with Gasteiger partial charge in [-0.1, -0.05) is 36.4 Å². The van der Waals surface area contributed by atoms with Crippen molar-refractivity contribution in [2.45, 2.75) is 57.8 Å². The summed E-state index contributed by atoms with van der Waals surface area (Å²) in [5.41, 5.74) is 3.74. The Balaban J connectivity index is 1.56. The average molecular weight is 338 g/mol. The molecule has 25 heavy (non-hydrogen) atoms. The molecule has 0 saturated heterocycles. The first-order chi connectivity index (χ1) is 12.1. The fraction of sp³-hybridized carbons (Fsp3) is 0.667. The molecule has 0 heterocycles. The van der Waals surface area contributed by atoms with Gasteiger partial charge in [0.05, 0.1) is 0 Å². The van der Waals surface area contributed by atoms with Gasteiger partial charge in [0.1, 0.15) is 0 Å². The van der Waals surface area contributed by atoms with Crippen molar-refractivity contribution in [2.24, 2.45) is 23.2 Å². The molecule has 1 aromatic carbocycles. The summed E-state index contributed by atoms with van der Waals surface area (Å²) in [5.74, 6) is 3.06. The number of benzene rings is 1. The van der Waals surface area contributed by atoms with Crippen LogP contribution in [0.15, 0.2) is 36.4 Å². The van der Waals surface area contributed by atoms with Gasteiger partial charge in [-0.2, -0.15) is 0 Å². The lowest BCUT2D eigenvalue weighted by atomic mass is 9.47. The lowest BCUT2D eigenvalue weighted by molar-refractivity contribution is -0.0178. The van der Waals surface area contributed by atoms with Crippen molar-refractivity contribution in [2.75, 3.05) is 20.6 Å². The highest BCUT2D eigenvalue weighted by Gasteiger charge is 2.52. The van der Waals surface area contributed by atoms with Crippen molar-refractivity contribution in [3.8, 4) is 0 Å². The lowest BCUT2D eigenvalue weighted by Gasteiger charge is -2.58. The molecule has 4 fully saturated rings. The van der Waals surface area contributed by atoms with Gasteiger partial charge in [0.15, 0.2) is 0 Å². The molecule has 4 aliphatic carbocycles. The van der Waals surface area contributed by atoms with Crippen LogP contribution in [-0.4, -0.2) is 25.5 Å². The second kappa shape index (κ2) is 7.27. The summed E-state index contributed by atoms with van der Waals surface area (Å²) in [6, 6.07) is 11.4. The Labute approximate surface area is 154 Å². The van der Waals surface area contributed by atoms with E-state index in [1.165, 1.54) is 69.9 Å². The van der Waals surface area contributed by atoms with Crippen molar-refractivity contribution in [1.29, 1.82) is 0 Å². The van der Waals surface area contributed by atoms with Crippen molar-refractivity contribution >= 4 is 5.57 Å². The zero-order chi connectivity index (χ0) is 17.3. The topological polar surface area (TPSA) is 3.24 Å². The van der Waals surface area contributed by atoms with E-state index >= 15 is 0 Å². The number of hydrogen-bond donors (Lipinski definition) is 0. The Bertz CT molecular complexity index is 562. The SMILES string of the molecule is CN(C)CCCCC=C(c1ccccc1)C12CC3CC(CC(C3)C1)C2. The molecule has 4 bridgehead atoms. The van der Waals surface area contributed by atoms with Gasteiger partial charge in [-0.25, -0.2) is 0 Å². The summed E-state index contributed by atoms with van der Waals surface area (Å²) < 4.78 is 0. The summed E-state index contributed by atoms with van der Waals surface area (Å²) in [6.07, 6.45) is 15.5. The van der Waals surface area contributed by atoms with E-state index in [1.807, 2.05) is 0 Å². The summed E-state index contributed by atoms with van der Waals surface area (Å²) >= 11 is 0. The van der Waals surface area contributed by atoms with Crippen LogP contribution in [0.5, 0.6) is 0 Å². The summed E-state index contributed by atoms with van der Waals surface area (Å²) in [6.45, 7) is 1.21. The van der Waals surface area contributed by atoms with Crippen molar-refractivity contribution in [3.63, 3.8) is 0 Å². The first kappa shape index (κ1) is 17.3. The van der Waals surface area contributed by atoms with E-state index in [-0.39, 0.29) is 0 Å². The van der Waals surface area contributed by atoms with Crippen molar-refractivity contribution in [1.82, 2.24) is 4.90 Å². The Morgan fingerprint density at radius 3 is 2.12 bits per heavy atom. The first-order valence-electron chi connectivity index (χ1n) is 10.6. The molecule has 0 amide bonds. The number of hydrogen-bond acceptors (Lipinski definition) is 1. The molecule has 1 nitrogen and oxygen atoms in total. The molecular weight excluding hydrogens is 302 g/mol. The number of nitrogens with zero attached hydrogens (tertiary/aromatic N) is 1. The largest absolute Gasteiger partial charge is 0.309 e. The molecule has 5 rings (SSSR count). The van der Waals surface area contributed by atoms with E-state index < -0.39 is 0 Å². The van der Waals surface area contributed by atoms with Crippen LogP contribution in [0, 0.1) is 23.2 Å². The molecular formula is C24H35N. The number of allylic oxidation sites excluding steroid dienone is 2. The summed E-state index contributed by atoms with van der Waals surface area (Å²) in [5, 5.41) is 0. The Kier molecular flexibility index (Phi) is 5.04. The van der Waals surface area contributed by atoms with Crippen molar-refractivity contribution < 1.29 is 0 Å². The van der Waals surface area contributed by atoms with Crippen LogP contribution in [0.3, 0.4) is 0 Å². The van der Waals surface area contributed by atoms with E-state index in [4.69, 9.17) is 0 Å². The number of rotatable bonds is 7. The zero-order valence-corrected chi connectivity index (χ0v) is 16.2. The third-order valence-electron chi connectivity index (χ3n) is 7.10. The molecule has 136 valence electrons. The van der Waals surface area contributed by atoms with E-state index in [9.17, 15) is 0 Å². The Morgan fingerprint density at radius 2 is 1.56 bits per heavy atom. The molecule has 0 radical (unpaired) electrons. The first-order valence-corrected chi connectivity index (χ1v) is 10.6. The van der Waals surface area contributed by atoms with Gasteiger partial charge in [0, 0.05) is 0 Å². The minimum absolute atomic E-state index is 0.512. The second-order valence-electron chi connectivity index (χ2n) is 9.48. The summed E-state index contributed by atoms with van der Waals surface area (Å²) in [7, 11) is 4.36. The maximum atomic E-state index is 2.65. The monoisotopic (exact) mass is 337 g/mol. The van der Waals surface area contributed by atoms with Crippen LogP contribution < -0.4 is 0 Å². The standard InChI is InChI=1S/C24H35N/c1-25(2)12-8-4-7-11-23(22-9-5-3-6-10-22)24-16-19-13-20(17-24)15-21(14-19)18-24/h3,5-6,9-11,19-21H,4,7-8,12-18H2,1-2H3. The van der Waals surface area contributed by atoms with Crippen LogP contribution in [-0.2, 0) is 0 Å². The molecule has 0 aliphatic heterocycles. The Morgan fingerprint density at radius 1 is 0.960 bits per heavy atom. The predicted molar refractivity (Wildman–Crippen MR) is 107 cm³/mol. The Hall–Kier alpha value is -1.08. The van der Waals surface area contributed by atoms with Gasteiger partial charge < -0.3 is 4.90 Å². The lowest BCUT2D eigenvalue weighted by Crippen LogP contribution is -2.46. The molecule has 1 heteroatoms. The van der Waals surface area contributed by atoms with Gasteiger partial charge in [0.25, 0.3) is 0 Å². The number of unbranched alkanes of at least 4 members (excludes halogenated alkanes) is 2. The maximum Gasteiger partial charge on any atom is -0.00247 e. The predicted octanol–water partition coefficient (Wildman–Crippen LogP) is 6.02. The fourth-order valence-corrected chi connectivity index (χ4v) is 6.52. The minimum atomic E-state index is 0.512. The quantitative estimate of drug-likeness (QED) is 0.550. The smallest absolute Gasteiger partial charge is 0.00247 e. The van der Waals surface area contributed by atoms with Crippen LogP contribution >= 0.6 is 0 Å². The minimum Gasteiger partial charge on any atom is -0.309 e. The average Bonchev–Trinajstić information content (AvgIpc) is 2.57. The third-order valence-corrected chi connectivity index (χ3v) is 7.10. The third kappa shape index (κ3) is 3.72. The van der Waals surface area contributed by atoms with Crippen LogP contribution in [0.25, 0.3) is 5.57 Å². The van der Waals surface area contributed by atoms with E-state index in [1.54, 1.807) is 5.57 Å². The molecule has 0 spiro atoms. The van der Waals surface area contributed by atoms with Crippen molar-refractivity contribution in [3.05, 3.63) is 42.0 Å². The van der Waals surface area contributed by atoms with E-state index in [0.29, 0.717) is 5.41 Å². The van der Waals surface area contributed by atoms with Gasteiger partial charge in [0.2, 0.25) is 0 Å². The summed E-state index contributed by atoms with van der Waals surface area (Å²) in [4.78, 5) is 2.31. The molecule has 0 unspecified atom stereocenters. The molecule has 4 saturated carbocycles. The maximum absolute atomic E-state index is 2.65. The van der Waals surface area contributed by atoms with Crippen LogP contribution in [0.4, 0.5) is 0 Å². The van der Waals surface area contributed by atoms with E-state index in [0.717, 1.165) is 17.8 Å². The fourth-order valence-electron chi connectivity index (χ4n) is 6.52. The van der Waals surface area contributed by atoms with Gasteiger partial charge in [-0.05, 0) is 113 Å². The van der Waals surface area contributed by atoms with Crippen LogP contribution in [0.2, 0.25) is 0 Å². The van der Waals surface area contributed by atoms with E-state index in [2.05, 4.69) is 55.4 Å². The molecule has 0 atom stereocenters. The highest BCUT2D eigenvalue weighted by atomic mass is 15.0. The highest BCUT2D eigenvalue weighted by molar-refractivity contribution is 5.71. The molecule has 4 aliphatic rings. The molecule has 0 aromatic heterocycles. The van der Waals surface area contributed by atoms with Gasteiger partial charge >= 0.3 is 0 Å². The zero-order valence-electron chi connectivity index (χ0n) is 16.2. The van der Waals surface area contributed by atoms with Gasteiger partial charge in [-0.15, -0.1) is 0 Å². The second-order valence-corrected chi connectivity index (χ2v) is 9.48.